The smallest absolute Gasteiger partial charge is 0.232 e. The molecule has 2 N–H and O–H groups in total. The van der Waals surface area contributed by atoms with Crippen LogP contribution in [-0.2, 0) is 13.1 Å². The van der Waals surface area contributed by atoms with Crippen LogP contribution in [0.4, 0.5) is 17.6 Å². The lowest BCUT2D eigenvalue weighted by Gasteiger charge is -2.29. The maximum atomic E-state index is 5.62. The van der Waals surface area contributed by atoms with Crippen LogP contribution in [0.15, 0.2) is 60.7 Å². The van der Waals surface area contributed by atoms with Crippen molar-refractivity contribution >= 4 is 34.9 Å². The lowest BCUT2D eigenvalue weighted by atomic mass is 10.1. The summed E-state index contributed by atoms with van der Waals surface area (Å²) in [7, 11) is 0. The summed E-state index contributed by atoms with van der Waals surface area (Å²) < 4.78 is 0. The molecule has 2 aliphatic rings. The van der Waals surface area contributed by atoms with E-state index in [2.05, 4.69) is 69.8 Å². The van der Waals surface area contributed by atoms with Crippen molar-refractivity contribution in [2.75, 3.05) is 28.2 Å². The first-order valence-corrected chi connectivity index (χ1v) is 12.1. The van der Waals surface area contributed by atoms with Crippen molar-refractivity contribution in [3.63, 3.8) is 0 Å². The maximum Gasteiger partial charge on any atom is 0.232 e. The molecule has 0 unspecified atom stereocenters. The van der Waals surface area contributed by atoms with Crippen LogP contribution in [0.5, 0.6) is 0 Å². The third-order valence-electron chi connectivity index (χ3n) is 6.42. The predicted octanol–water partition coefficient (Wildman–Crippen LogP) is 5.03. The standard InChI is InChI=1S/C26H30N6S/c1-19(20-10-4-2-5-11-20)27-26(33)30-25-28-23(31-14-8-3-9-15-31)16-24(29-25)32-17-21-12-6-7-13-22(21)18-32/h2,4-7,10-13,16,19H,3,8-9,14-15,17-18H2,1H3,(H2,27,28,29,30,33)/t19-/m1/s1. The van der Waals surface area contributed by atoms with Crippen molar-refractivity contribution in [2.24, 2.45) is 0 Å². The first kappa shape index (κ1) is 21.6. The van der Waals surface area contributed by atoms with E-state index in [0.717, 1.165) is 37.8 Å². The minimum Gasteiger partial charge on any atom is -0.356 e. The zero-order valence-electron chi connectivity index (χ0n) is 19.0. The highest BCUT2D eigenvalue weighted by Crippen LogP contribution is 2.30. The third-order valence-corrected chi connectivity index (χ3v) is 6.64. The van der Waals surface area contributed by atoms with Gasteiger partial charge in [-0.2, -0.15) is 9.97 Å². The van der Waals surface area contributed by atoms with E-state index >= 15 is 0 Å². The molecule has 1 saturated heterocycles. The first-order valence-electron chi connectivity index (χ1n) is 11.7. The van der Waals surface area contributed by atoms with Crippen LogP contribution in [-0.4, -0.2) is 28.2 Å². The molecule has 0 amide bonds. The lowest BCUT2D eigenvalue weighted by molar-refractivity contribution is 0.573. The van der Waals surface area contributed by atoms with Crippen molar-refractivity contribution in [3.05, 3.63) is 77.4 Å². The molecule has 0 spiro atoms. The van der Waals surface area contributed by atoms with Crippen LogP contribution >= 0.6 is 12.2 Å². The summed E-state index contributed by atoms with van der Waals surface area (Å²) in [5.74, 6) is 2.45. The van der Waals surface area contributed by atoms with Gasteiger partial charge in [0.15, 0.2) is 5.11 Å². The van der Waals surface area contributed by atoms with Gasteiger partial charge in [0.2, 0.25) is 5.95 Å². The van der Waals surface area contributed by atoms with Crippen LogP contribution in [0.25, 0.3) is 0 Å². The molecule has 170 valence electrons. The fraction of sp³-hybridized carbons (Fsp3) is 0.346. The Balaban J connectivity index is 1.37. The molecule has 1 atom stereocenters. The molecule has 1 fully saturated rings. The highest BCUT2D eigenvalue weighted by atomic mass is 32.1. The summed E-state index contributed by atoms with van der Waals surface area (Å²) >= 11 is 5.62. The molecule has 2 aliphatic heterocycles. The molecule has 0 aliphatic carbocycles. The molecule has 2 aromatic carbocycles. The molecule has 6 nitrogen and oxygen atoms in total. The van der Waals surface area contributed by atoms with Gasteiger partial charge in [0.1, 0.15) is 11.6 Å². The Morgan fingerprint density at radius 2 is 1.45 bits per heavy atom. The van der Waals surface area contributed by atoms with E-state index in [9.17, 15) is 0 Å². The van der Waals surface area contributed by atoms with Crippen molar-refractivity contribution in [1.29, 1.82) is 0 Å². The topological polar surface area (TPSA) is 56.3 Å². The van der Waals surface area contributed by atoms with Crippen LogP contribution in [0.3, 0.4) is 0 Å². The summed E-state index contributed by atoms with van der Waals surface area (Å²) in [5.41, 5.74) is 3.90. The second-order valence-corrected chi connectivity index (χ2v) is 9.22. The van der Waals surface area contributed by atoms with Gasteiger partial charge in [0, 0.05) is 32.2 Å². The summed E-state index contributed by atoms with van der Waals surface area (Å²) in [4.78, 5) is 14.4. The molecule has 7 heteroatoms. The van der Waals surface area contributed by atoms with E-state index in [0.29, 0.717) is 11.1 Å². The molecule has 0 saturated carbocycles. The quantitative estimate of drug-likeness (QED) is 0.520. The average molecular weight is 459 g/mol. The van der Waals surface area contributed by atoms with E-state index < -0.39 is 0 Å². The number of rotatable bonds is 5. The largest absolute Gasteiger partial charge is 0.356 e. The monoisotopic (exact) mass is 458 g/mol. The highest BCUT2D eigenvalue weighted by Gasteiger charge is 2.23. The van der Waals surface area contributed by atoms with Gasteiger partial charge in [-0.05, 0) is 55.1 Å². The van der Waals surface area contributed by atoms with E-state index in [1.165, 1.54) is 36.0 Å². The number of nitrogens with zero attached hydrogens (tertiary/aromatic N) is 4. The molecule has 3 aromatic rings. The summed E-state index contributed by atoms with van der Waals surface area (Å²) in [6, 6.07) is 21.1. The number of nitrogens with one attached hydrogen (secondary N) is 2. The minimum absolute atomic E-state index is 0.0871. The number of anilines is 3. The van der Waals surface area contributed by atoms with E-state index in [1.807, 2.05) is 18.2 Å². The van der Waals surface area contributed by atoms with Crippen LogP contribution < -0.4 is 20.4 Å². The Hall–Kier alpha value is -3.19. The summed E-state index contributed by atoms with van der Waals surface area (Å²) in [5, 5.41) is 7.14. The first-order chi connectivity index (χ1) is 16.2. The van der Waals surface area contributed by atoms with Crippen LogP contribution in [0.2, 0.25) is 0 Å². The molecule has 3 heterocycles. The second kappa shape index (κ2) is 9.75. The minimum atomic E-state index is 0.0871. The Labute approximate surface area is 201 Å². The molecule has 5 rings (SSSR count). The van der Waals surface area contributed by atoms with Gasteiger partial charge in [-0.15, -0.1) is 0 Å². The normalized spacial score (nSPS) is 16.3. The lowest BCUT2D eigenvalue weighted by Crippen LogP contribution is -2.33. The maximum absolute atomic E-state index is 5.62. The van der Waals surface area contributed by atoms with Gasteiger partial charge in [0.05, 0.1) is 6.04 Å². The van der Waals surface area contributed by atoms with Gasteiger partial charge < -0.3 is 20.4 Å². The van der Waals surface area contributed by atoms with Crippen molar-refractivity contribution in [3.8, 4) is 0 Å². The molecule has 0 radical (unpaired) electrons. The molecular weight excluding hydrogens is 428 g/mol. The molecular formula is C26H30N6S. The van der Waals surface area contributed by atoms with Gasteiger partial charge in [-0.3, -0.25) is 0 Å². The number of thiocarbonyl (C=S) groups is 1. The molecule has 1 aromatic heterocycles. The van der Waals surface area contributed by atoms with E-state index in [1.54, 1.807) is 0 Å². The van der Waals surface area contributed by atoms with Crippen molar-refractivity contribution < 1.29 is 0 Å². The van der Waals surface area contributed by atoms with Crippen molar-refractivity contribution in [1.82, 2.24) is 15.3 Å². The average Bonchev–Trinajstić information content (AvgIpc) is 3.29. The van der Waals surface area contributed by atoms with Crippen molar-refractivity contribution in [2.45, 2.75) is 45.3 Å². The van der Waals surface area contributed by atoms with Gasteiger partial charge in [0.25, 0.3) is 0 Å². The van der Waals surface area contributed by atoms with Crippen LogP contribution in [0, 0.1) is 0 Å². The van der Waals surface area contributed by atoms with E-state index in [4.69, 9.17) is 22.2 Å². The SMILES string of the molecule is C[C@@H](NC(=S)Nc1nc(N2CCCCC2)cc(N2Cc3ccccc3C2)n1)c1ccccc1. The fourth-order valence-electron chi connectivity index (χ4n) is 4.58. The number of hydrogen-bond acceptors (Lipinski definition) is 5. The number of fused-ring (bicyclic) bond motifs is 1. The number of piperidine rings is 1. The number of aromatic nitrogens is 2. The zero-order valence-corrected chi connectivity index (χ0v) is 19.8. The van der Waals surface area contributed by atoms with Gasteiger partial charge >= 0.3 is 0 Å². The highest BCUT2D eigenvalue weighted by molar-refractivity contribution is 7.80. The van der Waals surface area contributed by atoms with Crippen LogP contribution in [0.1, 0.15) is 48.9 Å². The Bertz CT molecular complexity index is 1090. The molecule has 33 heavy (non-hydrogen) atoms. The second-order valence-electron chi connectivity index (χ2n) is 8.81. The summed E-state index contributed by atoms with van der Waals surface area (Å²) in [6.07, 6.45) is 3.68. The fourth-order valence-corrected chi connectivity index (χ4v) is 4.85. The Morgan fingerprint density at radius 3 is 2.12 bits per heavy atom. The zero-order chi connectivity index (χ0) is 22.6. The Kier molecular flexibility index (Phi) is 6.39. The Morgan fingerprint density at radius 1 is 0.848 bits per heavy atom. The predicted molar refractivity (Wildman–Crippen MR) is 139 cm³/mol. The van der Waals surface area contributed by atoms with Gasteiger partial charge in [-0.1, -0.05) is 54.6 Å². The summed E-state index contributed by atoms with van der Waals surface area (Å²) in [6.45, 7) is 5.88. The van der Waals surface area contributed by atoms with E-state index in [-0.39, 0.29) is 6.04 Å². The number of hydrogen-bond donors (Lipinski definition) is 2. The molecule has 0 bridgehead atoms. The van der Waals surface area contributed by atoms with Gasteiger partial charge in [-0.25, -0.2) is 0 Å². The third kappa shape index (κ3) is 5.09. The number of benzene rings is 2.